The van der Waals surface area contributed by atoms with Crippen molar-refractivity contribution < 1.29 is 0 Å². The lowest BCUT2D eigenvalue weighted by Gasteiger charge is -2.22. The van der Waals surface area contributed by atoms with Crippen LogP contribution in [0.4, 0.5) is 0 Å². The van der Waals surface area contributed by atoms with Crippen LogP contribution in [0.2, 0.25) is 0 Å². The number of hydrogen-bond acceptors (Lipinski definition) is 2. The predicted octanol–water partition coefficient (Wildman–Crippen LogP) is 15.2. The Labute approximate surface area is 343 Å². The molecule has 0 radical (unpaired) electrons. The molecule has 0 atom stereocenters. The SMILES string of the molecule is CC1(C)c2ccc(-c3ccc(-c4cc(-c5ccc6c7ccccc7c7ccccc7c6c5)nc(-c5ccccc5)n4)c4ccccc34)cc2-c2c1ccc1ccccc21. The lowest BCUT2D eigenvalue weighted by atomic mass is 9.81. The highest BCUT2D eigenvalue weighted by Gasteiger charge is 2.36. The summed E-state index contributed by atoms with van der Waals surface area (Å²) >= 11 is 0. The maximum Gasteiger partial charge on any atom is 0.160 e. The van der Waals surface area contributed by atoms with Crippen LogP contribution >= 0.6 is 0 Å². The van der Waals surface area contributed by atoms with Crippen LogP contribution in [0.5, 0.6) is 0 Å². The third kappa shape index (κ3) is 5.13. The Kier molecular flexibility index (Phi) is 7.31. The quantitative estimate of drug-likeness (QED) is 0.167. The van der Waals surface area contributed by atoms with Crippen LogP contribution in [-0.4, -0.2) is 9.97 Å². The maximum atomic E-state index is 5.31. The highest BCUT2D eigenvalue weighted by molar-refractivity contribution is 6.25. The molecule has 11 aromatic rings. The van der Waals surface area contributed by atoms with Gasteiger partial charge in [0.05, 0.1) is 11.4 Å². The molecule has 0 N–H and O–H groups in total. The number of aromatic nitrogens is 2. The average Bonchev–Trinajstić information content (AvgIpc) is 3.54. The van der Waals surface area contributed by atoms with Gasteiger partial charge in [0.15, 0.2) is 5.82 Å². The molecule has 2 heteroatoms. The second-order valence-corrected chi connectivity index (χ2v) is 16.5. The molecule has 276 valence electrons. The van der Waals surface area contributed by atoms with E-state index in [1.165, 1.54) is 81.9 Å². The molecule has 10 aromatic carbocycles. The minimum absolute atomic E-state index is 0.0771. The molecule has 1 aliphatic rings. The lowest BCUT2D eigenvalue weighted by molar-refractivity contribution is 0.661. The summed E-state index contributed by atoms with van der Waals surface area (Å²) in [7, 11) is 0. The Morgan fingerprint density at radius 1 is 0.322 bits per heavy atom. The number of fused-ring (bicyclic) bond motifs is 12. The third-order valence-corrected chi connectivity index (χ3v) is 12.9. The molecule has 0 spiro atoms. The van der Waals surface area contributed by atoms with E-state index >= 15 is 0 Å². The van der Waals surface area contributed by atoms with Gasteiger partial charge in [-0.3, -0.25) is 0 Å². The summed E-state index contributed by atoms with van der Waals surface area (Å²) < 4.78 is 0. The Balaban J connectivity index is 1.04. The van der Waals surface area contributed by atoms with E-state index in [2.05, 4.69) is 202 Å². The molecule has 0 bridgehead atoms. The normalized spacial score (nSPS) is 13.1. The van der Waals surface area contributed by atoms with Gasteiger partial charge in [-0.1, -0.05) is 190 Å². The lowest BCUT2D eigenvalue weighted by Crippen LogP contribution is -2.14. The van der Waals surface area contributed by atoms with Crippen molar-refractivity contribution >= 4 is 53.9 Å². The van der Waals surface area contributed by atoms with Gasteiger partial charge in [-0.15, -0.1) is 0 Å². The van der Waals surface area contributed by atoms with Crippen LogP contribution in [0.3, 0.4) is 0 Å². The minimum atomic E-state index is -0.0771. The Morgan fingerprint density at radius 2 is 0.864 bits per heavy atom. The molecule has 0 saturated carbocycles. The monoisotopic (exact) mass is 750 g/mol. The largest absolute Gasteiger partial charge is 0.228 e. The summed E-state index contributed by atoms with van der Waals surface area (Å²) in [5.41, 5.74) is 12.8. The van der Waals surface area contributed by atoms with Crippen molar-refractivity contribution in [3.8, 4) is 56.2 Å². The fourth-order valence-corrected chi connectivity index (χ4v) is 9.98. The van der Waals surface area contributed by atoms with E-state index in [0.29, 0.717) is 5.82 Å². The first-order valence-electron chi connectivity index (χ1n) is 20.5. The summed E-state index contributed by atoms with van der Waals surface area (Å²) in [5.74, 6) is 0.710. The van der Waals surface area contributed by atoms with Crippen LogP contribution in [-0.2, 0) is 5.41 Å². The predicted molar refractivity (Wildman–Crippen MR) is 249 cm³/mol. The Hall–Kier alpha value is -7.42. The van der Waals surface area contributed by atoms with E-state index in [4.69, 9.17) is 9.97 Å². The molecule has 2 nitrogen and oxygen atoms in total. The summed E-state index contributed by atoms with van der Waals surface area (Å²) in [6.07, 6.45) is 0. The van der Waals surface area contributed by atoms with Crippen LogP contribution in [0.25, 0.3) is 110 Å². The van der Waals surface area contributed by atoms with E-state index in [0.717, 1.165) is 33.5 Å². The van der Waals surface area contributed by atoms with Gasteiger partial charge in [-0.05, 0) is 105 Å². The van der Waals surface area contributed by atoms with E-state index in [1.54, 1.807) is 0 Å². The van der Waals surface area contributed by atoms with Gasteiger partial charge in [0, 0.05) is 22.1 Å². The van der Waals surface area contributed by atoms with Gasteiger partial charge in [0.1, 0.15) is 0 Å². The van der Waals surface area contributed by atoms with Gasteiger partial charge in [-0.2, -0.15) is 0 Å². The van der Waals surface area contributed by atoms with Crippen molar-refractivity contribution in [3.05, 3.63) is 205 Å². The zero-order valence-electron chi connectivity index (χ0n) is 32.9. The van der Waals surface area contributed by atoms with Gasteiger partial charge in [0.25, 0.3) is 0 Å². The number of hydrogen-bond donors (Lipinski definition) is 0. The van der Waals surface area contributed by atoms with Crippen molar-refractivity contribution in [1.82, 2.24) is 9.97 Å². The zero-order valence-corrected chi connectivity index (χ0v) is 32.9. The molecule has 59 heavy (non-hydrogen) atoms. The highest BCUT2D eigenvalue weighted by atomic mass is 14.9. The third-order valence-electron chi connectivity index (χ3n) is 12.9. The number of rotatable bonds is 4. The van der Waals surface area contributed by atoms with E-state index in [1.807, 2.05) is 6.07 Å². The zero-order chi connectivity index (χ0) is 39.2. The summed E-state index contributed by atoms with van der Waals surface area (Å²) in [6.45, 7) is 4.72. The molecule has 0 fully saturated rings. The van der Waals surface area contributed by atoms with Crippen molar-refractivity contribution in [2.75, 3.05) is 0 Å². The molecular weight excluding hydrogens is 713 g/mol. The molecular formula is C57H38N2. The van der Waals surface area contributed by atoms with E-state index in [-0.39, 0.29) is 5.41 Å². The molecule has 12 rings (SSSR count). The van der Waals surface area contributed by atoms with Gasteiger partial charge in [0.2, 0.25) is 0 Å². The molecule has 1 heterocycles. The summed E-state index contributed by atoms with van der Waals surface area (Å²) in [6, 6.07) is 70.7. The van der Waals surface area contributed by atoms with Crippen LogP contribution in [0, 0.1) is 0 Å². The molecule has 0 unspecified atom stereocenters. The second kappa shape index (κ2) is 12.8. The van der Waals surface area contributed by atoms with Crippen molar-refractivity contribution in [2.45, 2.75) is 19.3 Å². The standard InChI is InChI=1S/C57H38N2/c1-57(2)51-30-26-37(32-50(51)55-40-17-7-6-14-35(40)25-31-52(55)57)39-28-29-48(45-22-12-8-18-41(39)45)54-34-53(58-56(59-54)36-15-4-3-5-16-36)38-24-27-47-44-21-10-9-19-42(44)43-20-11-13-23-46(43)49(47)33-38/h3-34H,1-2H3. The molecule has 1 aliphatic carbocycles. The number of nitrogens with zero attached hydrogens (tertiary/aromatic N) is 2. The van der Waals surface area contributed by atoms with Crippen molar-refractivity contribution in [1.29, 1.82) is 0 Å². The molecule has 0 saturated heterocycles. The second-order valence-electron chi connectivity index (χ2n) is 16.5. The molecule has 0 amide bonds. The van der Waals surface area contributed by atoms with Gasteiger partial charge < -0.3 is 0 Å². The molecule has 0 aliphatic heterocycles. The van der Waals surface area contributed by atoms with E-state index < -0.39 is 0 Å². The van der Waals surface area contributed by atoms with Crippen molar-refractivity contribution in [3.63, 3.8) is 0 Å². The average molecular weight is 751 g/mol. The first kappa shape index (κ1) is 33.7. The fraction of sp³-hybridized carbons (Fsp3) is 0.0526. The van der Waals surface area contributed by atoms with Crippen molar-refractivity contribution in [2.24, 2.45) is 0 Å². The fourth-order valence-electron chi connectivity index (χ4n) is 9.98. The first-order chi connectivity index (χ1) is 29.0. The summed E-state index contributed by atoms with van der Waals surface area (Å²) in [4.78, 5) is 10.6. The van der Waals surface area contributed by atoms with Crippen LogP contribution in [0.1, 0.15) is 25.0 Å². The van der Waals surface area contributed by atoms with Gasteiger partial charge in [-0.25, -0.2) is 9.97 Å². The number of benzene rings is 10. The topological polar surface area (TPSA) is 25.8 Å². The highest BCUT2D eigenvalue weighted by Crippen LogP contribution is 2.52. The Bertz CT molecular complexity index is 3490. The minimum Gasteiger partial charge on any atom is -0.228 e. The smallest absolute Gasteiger partial charge is 0.160 e. The van der Waals surface area contributed by atoms with E-state index in [9.17, 15) is 0 Å². The molecule has 1 aromatic heterocycles. The maximum absolute atomic E-state index is 5.31. The van der Waals surface area contributed by atoms with Crippen LogP contribution in [0.15, 0.2) is 194 Å². The summed E-state index contributed by atoms with van der Waals surface area (Å²) in [5, 5.41) is 12.5. The first-order valence-corrected chi connectivity index (χ1v) is 20.5. The van der Waals surface area contributed by atoms with Crippen LogP contribution < -0.4 is 0 Å². The van der Waals surface area contributed by atoms with Gasteiger partial charge >= 0.3 is 0 Å². The Morgan fingerprint density at radius 3 is 1.59 bits per heavy atom.